The third kappa shape index (κ3) is 6.66. The van der Waals surface area contributed by atoms with Gasteiger partial charge in [0.25, 0.3) is 0 Å². The highest BCUT2D eigenvalue weighted by Gasteiger charge is 2.39. The van der Waals surface area contributed by atoms with E-state index in [1.165, 1.54) is 71.6 Å². The van der Waals surface area contributed by atoms with Crippen LogP contribution >= 0.6 is 0 Å². The van der Waals surface area contributed by atoms with Gasteiger partial charge in [-0.2, -0.15) is 0 Å². The molecule has 2 heteroatoms. The monoisotopic (exact) mass is 971 g/mol. The van der Waals surface area contributed by atoms with Gasteiger partial charge in [0, 0.05) is 22.0 Å². The van der Waals surface area contributed by atoms with E-state index in [1.54, 1.807) is 0 Å². The predicted octanol–water partition coefficient (Wildman–Crippen LogP) is 20.5. The smallest absolute Gasteiger partial charge is 0.152 e. The fourth-order valence-corrected chi connectivity index (χ4v) is 13.1. The molecule has 15 rings (SSSR count). The third-order valence-electron chi connectivity index (χ3n) is 17.0. The molecule has 1 heterocycles. The molecule has 2 nitrogen and oxygen atoms in total. The van der Waals surface area contributed by atoms with E-state index in [9.17, 15) is 0 Å². The van der Waals surface area contributed by atoms with Crippen LogP contribution < -0.4 is 9.64 Å². The molecule has 0 fully saturated rings. The minimum absolute atomic E-state index is 0.168. The van der Waals surface area contributed by atoms with Crippen molar-refractivity contribution in [3.05, 3.63) is 271 Å². The van der Waals surface area contributed by atoms with Gasteiger partial charge in [-0.05, 0) is 159 Å². The second-order valence-corrected chi connectivity index (χ2v) is 22.0. The Hall–Kier alpha value is -9.24. The van der Waals surface area contributed by atoms with Gasteiger partial charge in [-0.1, -0.05) is 228 Å². The molecule has 0 spiro atoms. The zero-order chi connectivity index (χ0) is 50.9. The topological polar surface area (TPSA) is 12.5 Å². The molecule has 12 aromatic rings. The zero-order valence-corrected chi connectivity index (χ0v) is 43.0. The molecular formula is C74H53NO. The lowest BCUT2D eigenvalue weighted by Gasteiger charge is -2.36. The number of fused-ring (bicyclic) bond motifs is 12. The van der Waals surface area contributed by atoms with Crippen LogP contribution in [0.5, 0.6) is 11.5 Å². The molecule has 0 radical (unpaired) electrons. The van der Waals surface area contributed by atoms with Crippen LogP contribution in [0.2, 0.25) is 0 Å². The minimum Gasteiger partial charge on any atom is -0.453 e. The van der Waals surface area contributed by atoms with Crippen LogP contribution in [-0.4, -0.2) is 0 Å². The third-order valence-corrected chi connectivity index (χ3v) is 17.0. The lowest BCUT2D eigenvalue weighted by atomic mass is 9.81. The van der Waals surface area contributed by atoms with E-state index >= 15 is 0 Å². The van der Waals surface area contributed by atoms with Gasteiger partial charge in [-0.3, -0.25) is 0 Å². The Kier molecular flexibility index (Phi) is 9.69. The molecule has 0 bridgehead atoms. The highest BCUT2D eigenvalue weighted by molar-refractivity contribution is 6.06. The first-order valence-corrected chi connectivity index (χ1v) is 26.6. The summed E-state index contributed by atoms with van der Waals surface area (Å²) in [6, 6.07) is 92.0. The number of rotatable bonds is 6. The highest BCUT2D eigenvalue weighted by atomic mass is 16.5. The summed E-state index contributed by atoms with van der Waals surface area (Å²) in [4.78, 5) is 2.47. The molecule has 360 valence electrons. The SMILES string of the molecule is CC1(C)c2cc(-c3ccc4c(c3)Oc3cc(-c5ccc6c(c5)C(C)(C)c5ccc7ccccc7c5-6)ccc3N4c3c(-c4ccccc4)cc(-c4ccccc4)cc3-c3ccccc3)ccc2-c2c1ccc1ccccc21. The summed E-state index contributed by atoms with van der Waals surface area (Å²) in [5, 5.41) is 5.16. The van der Waals surface area contributed by atoms with Crippen molar-refractivity contribution in [3.63, 3.8) is 0 Å². The summed E-state index contributed by atoms with van der Waals surface area (Å²) in [5.41, 5.74) is 24.9. The molecule has 0 atom stereocenters. The standard InChI is InChI=1S/C74H53NO/c1-73(2)62-36-30-49-24-14-16-26-56(49)70(62)58-34-28-51(42-64(58)73)53-32-38-66-68(44-53)76-69-45-54(52-29-35-59-65(43-52)74(3,4)63-37-31-50-25-15-17-27-57(50)71(59)63)33-39-67(69)75(66)72-60(47-20-10-6-11-21-47)40-55(46-18-8-5-9-19-46)41-61(72)48-22-12-7-13-23-48/h5-45H,1-4H3. The van der Waals surface area contributed by atoms with Crippen LogP contribution in [0.15, 0.2) is 249 Å². The van der Waals surface area contributed by atoms with Crippen molar-refractivity contribution in [2.24, 2.45) is 0 Å². The maximum Gasteiger partial charge on any atom is 0.152 e. The summed E-state index contributed by atoms with van der Waals surface area (Å²) >= 11 is 0. The van der Waals surface area contributed by atoms with Crippen molar-refractivity contribution < 1.29 is 4.74 Å². The molecule has 0 aromatic heterocycles. The van der Waals surface area contributed by atoms with Gasteiger partial charge in [0.2, 0.25) is 0 Å². The van der Waals surface area contributed by atoms with E-state index in [0.29, 0.717) is 0 Å². The van der Waals surface area contributed by atoms with Crippen LogP contribution in [0.1, 0.15) is 49.9 Å². The second kappa shape index (κ2) is 16.6. The molecule has 0 saturated carbocycles. The number of hydrogen-bond acceptors (Lipinski definition) is 2. The van der Waals surface area contributed by atoms with Crippen LogP contribution in [0.3, 0.4) is 0 Å². The molecular weight excluding hydrogens is 919 g/mol. The van der Waals surface area contributed by atoms with Gasteiger partial charge in [-0.25, -0.2) is 0 Å². The number of anilines is 3. The van der Waals surface area contributed by atoms with Gasteiger partial charge in [0.1, 0.15) is 0 Å². The van der Waals surface area contributed by atoms with Gasteiger partial charge < -0.3 is 9.64 Å². The lowest BCUT2D eigenvalue weighted by Crippen LogP contribution is -2.18. The highest BCUT2D eigenvalue weighted by Crippen LogP contribution is 2.59. The average Bonchev–Trinajstić information content (AvgIpc) is 3.88. The van der Waals surface area contributed by atoms with Crippen molar-refractivity contribution in [2.75, 3.05) is 4.90 Å². The summed E-state index contributed by atoms with van der Waals surface area (Å²) in [6.07, 6.45) is 0. The number of benzene rings is 12. The Labute approximate surface area is 444 Å². The van der Waals surface area contributed by atoms with Crippen LogP contribution in [-0.2, 0) is 10.8 Å². The molecule has 2 aliphatic carbocycles. The van der Waals surface area contributed by atoms with E-state index < -0.39 is 0 Å². The van der Waals surface area contributed by atoms with Crippen molar-refractivity contribution in [3.8, 4) is 89.4 Å². The fraction of sp³-hybridized carbons (Fsp3) is 0.0811. The molecule has 0 saturated heterocycles. The van der Waals surface area contributed by atoms with Gasteiger partial charge in [0.15, 0.2) is 11.5 Å². The Bertz CT molecular complexity index is 4100. The Balaban J connectivity index is 0.934. The van der Waals surface area contributed by atoms with E-state index in [2.05, 4.69) is 281 Å². The minimum atomic E-state index is -0.168. The number of ether oxygens (including phenoxy) is 1. The van der Waals surface area contributed by atoms with Crippen molar-refractivity contribution >= 4 is 38.6 Å². The quantitative estimate of drug-likeness (QED) is 0.165. The molecule has 1 aliphatic heterocycles. The summed E-state index contributed by atoms with van der Waals surface area (Å²) in [5.74, 6) is 1.61. The largest absolute Gasteiger partial charge is 0.453 e. The summed E-state index contributed by atoms with van der Waals surface area (Å²) in [6.45, 7) is 9.50. The van der Waals surface area contributed by atoms with Crippen molar-refractivity contribution in [1.82, 2.24) is 0 Å². The molecule has 0 amide bonds. The maximum atomic E-state index is 7.36. The first-order chi connectivity index (χ1) is 37.2. The molecule has 0 N–H and O–H groups in total. The van der Waals surface area contributed by atoms with E-state index in [0.717, 1.165) is 78.6 Å². The van der Waals surface area contributed by atoms with Gasteiger partial charge in [0.05, 0.1) is 17.1 Å². The summed E-state index contributed by atoms with van der Waals surface area (Å²) in [7, 11) is 0. The summed E-state index contributed by atoms with van der Waals surface area (Å²) < 4.78 is 7.36. The molecule has 12 aromatic carbocycles. The van der Waals surface area contributed by atoms with Crippen LogP contribution in [0.25, 0.3) is 99.4 Å². The van der Waals surface area contributed by atoms with E-state index in [1.807, 2.05) is 0 Å². The predicted molar refractivity (Wildman–Crippen MR) is 319 cm³/mol. The average molecular weight is 972 g/mol. The Morgan fingerprint density at radius 1 is 0.289 bits per heavy atom. The van der Waals surface area contributed by atoms with E-state index in [4.69, 9.17) is 4.74 Å². The van der Waals surface area contributed by atoms with Gasteiger partial charge >= 0.3 is 0 Å². The van der Waals surface area contributed by atoms with Crippen molar-refractivity contribution in [2.45, 2.75) is 38.5 Å². The zero-order valence-electron chi connectivity index (χ0n) is 43.0. The lowest BCUT2D eigenvalue weighted by molar-refractivity contribution is 0.477. The van der Waals surface area contributed by atoms with E-state index in [-0.39, 0.29) is 10.8 Å². The second-order valence-electron chi connectivity index (χ2n) is 22.0. The van der Waals surface area contributed by atoms with Crippen molar-refractivity contribution in [1.29, 1.82) is 0 Å². The first-order valence-electron chi connectivity index (χ1n) is 26.6. The van der Waals surface area contributed by atoms with Crippen LogP contribution in [0.4, 0.5) is 17.1 Å². The Morgan fingerprint density at radius 2 is 0.684 bits per heavy atom. The number of nitrogens with zero attached hydrogens (tertiary/aromatic N) is 1. The fourth-order valence-electron chi connectivity index (χ4n) is 13.1. The number of hydrogen-bond donors (Lipinski definition) is 0. The molecule has 0 unspecified atom stereocenters. The Morgan fingerprint density at radius 3 is 1.14 bits per heavy atom. The molecule has 3 aliphatic rings. The molecule has 76 heavy (non-hydrogen) atoms. The maximum absolute atomic E-state index is 7.36. The van der Waals surface area contributed by atoms with Gasteiger partial charge in [-0.15, -0.1) is 0 Å². The first kappa shape index (κ1) is 44.3. The van der Waals surface area contributed by atoms with Crippen LogP contribution in [0, 0.1) is 0 Å². The normalized spacial score (nSPS) is 14.1.